The van der Waals surface area contributed by atoms with Crippen molar-refractivity contribution in [3.05, 3.63) is 72.6 Å². The van der Waals surface area contributed by atoms with Crippen molar-refractivity contribution in [2.24, 2.45) is 0 Å². The molecule has 1 fully saturated rings. The lowest BCUT2D eigenvalue weighted by atomic mass is 9.96. The Morgan fingerprint density at radius 3 is 3.00 bits per heavy atom. The standard InChI is InChI=1S/C25H27N7O2/c1-3-34-21-12-18(4-5-20(21)32-15-25(2,33)16-32)28-23-24-27-9-11-31(24)14-22(29-23)30-10-7-17-6-8-26-19(17)13-30/h4-7,9-14,26,33H,3,8,15-16H2,1-2H3,(H,28,29). The van der Waals surface area contributed by atoms with Gasteiger partial charge < -0.3 is 34.7 Å². The predicted octanol–water partition coefficient (Wildman–Crippen LogP) is 3.15. The van der Waals surface area contributed by atoms with Gasteiger partial charge in [-0.25, -0.2) is 9.97 Å². The Morgan fingerprint density at radius 1 is 1.29 bits per heavy atom. The van der Waals surface area contributed by atoms with Crippen LogP contribution in [0.3, 0.4) is 0 Å². The molecule has 0 amide bonds. The average Bonchev–Trinajstić information content (AvgIpc) is 3.47. The maximum atomic E-state index is 10.1. The quantitative estimate of drug-likeness (QED) is 0.520. The zero-order valence-electron chi connectivity index (χ0n) is 19.2. The van der Waals surface area contributed by atoms with Gasteiger partial charge in [0.25, 0.3) is 0 Å². The molecule has 3 aliphatic rings. The van der Waals surface area contributed by atoms with Gasteiger partial charge in [0.1, 0.15) is 5.75 Å². The minimum atomic E-state index is -0.653. The van der Waals surface area contributed by atoms with Crippen LogP contribution in [0.5, 0.6) is 5.75 Å². The third-order valence-corrected chi connectivity index (χ3v) is 6.16. The topological polar surface area (TPSA) is 90.2 Å². The molecule has 5 heterocycles. The predicted molar refractivity (Wildman–Crippen MR) is 133 cm³/mol. The van der Waals surface area contributed by atoms with Gasteiger partial charge in [0.2, 0.25) is 0 Å². The van der Waals surface area contributed by atoms with Crippen LogP contribution < -0.4 is 25.2 Å². The van der Waals surface area contributed by atoms with Gasteiger partial charge in [0, 0.05) is 56.2 Å². The summed E-state index contributed by atoms with van der Waals surface area (Å²) in [7, 11) is 0. The Hall–Kier alpha value is -3.98. The molecule has 3 aliphatic heterocycles. The Bertz CT molecular complexity index is 1350. The van der Waals surface area contributed by atoms with Crippen LogP contribution in [0.4, 0.5) is 23.0 Å². The Balaban J connectivity index is 1.32. The van der Waals surface area contributed by atoms with Gasteiger partial charge in [-0.3, -0.25) is 0 Å². The fourth-order valence-electron chi connectivity index (χ4n) is 4.58. The molecular formula is C25H27N7O2. The fourth-order valence-corrected chi connectivity index (χ4v) is 4.58. The smallest absolute Gasteiger partial charge is 0.180 e. The number of anilines is 4. The molecule has 1 aromatic carbocycles. The van der Waals surface area contributed by atoms with E-state index in [4.69, 9.17) is 9.72 Å². The zero-order chi connectivity index (χ0) is 23.3. The van der Waals surface area contributed by atoms with Crippen molar-refractivity contribution < 1.29 is 9.84 Å². The van der Waals surface area contributed by atoms with Crippen LogP contribution in [0.1, 0.15) is 13.8 Å². The highest BCUT2D eigenvalue weighted by Crippen LogP contribution is 2.37. The monoisotopic (exact) mass is 457 g/mol. The molecule has 0 spiro atoms. The summed E-state index contributed by atoms with van der Waals surface area (Å²) >= 11 is 0. The largest absolute Gasteiger partial charge is 0.492 e. The molecule has 3 N–H and O–H groups in total. The summed E-state index contributed by atoms with van der Waals surface area (Å²) in [6.07, 6.45) is 14.0. The van der Waals surface area contributed by atoms with Crippen LogP contribution >= 0.6 is 0 Å². The second kappa shape index (κ2) is 7.81. The molecule has 3 aromatic rings. The van der Waals surface area contributed by atoms with Crippen LogP contribution in [0.25, 0.3) is 5.65 Å². The number of aromatic nitrogens is 3. The summed E-state index contributed by atoms with van der Waals surface area (Å²) in [6.45, 7) is 6.38. The summed E-state index contributed by atoms with van der Waals surface area (Å²) in [6, 6.07) is 6.00. The first-order chi connectivity index (χ1) is 16.5. The number of benzene rings is 1. The number of allylic oxidation sites excluding steroid dienone is 1. The highest BCUT2D eigenvalue weighted by atomic mass is 16.5. The minimum absolute atomic E-state index is 0.555. The third kappa shape index (κ3) is 3.63. The number of nitrogens with one attached hydrogen (secondary N) is 2. The molecule has 9 nitrogen and oxygen atoms in total. The molecule has 0 aliphatic carbocycles. The summed E-state index contributed by atoms with van der Waals surface area (Å²) < 4.78 is 7.89. The minimum Gasteiger partial charge on any atom is -0.492 e. The van der Waals surface area contributed by atoms with Gasteiger partial charge in [-0.2, -0.15) is 0 Å². The Kier molecular flexibility index (Phi) is 4.73. The van der Waals surface area contributed by atoms with E-state index in [1.54, 1.807) is 6.20 Å². The Morgan fingerprint density at radius 2 is 2.18 bits per heavy atom. The molecule has 0 radical (unpaired) electrons. The number of fused-ring (bicyclic) bond motifs is 2. The van der Waals surface area contributed by atoms with E-state index in [0.717, 1.165) is 40.8 Å². The number of imidazole rings is 1. The van der Waals surface area contributed by atoms with Crippen molar-refractivity contribution in [2.45, 2.75) is 19.4 Å². The van der Waals surface area contributed by atoms with Crippen molar-refractivity contribution in [3.63, 3.8) is 0 Å². The maximum absolute atomic E-state index is 10.1. The van der Waals surface area contributed by atoms with Crippen LogP contribution in [0, 0.1) is 0 Å². The lowest BCUT2D eigenvalue weighted by Crippen LogP contribution is -2.60. The first-order valence-electron chi connectivity index (χ1n) is 11.5. The number of aliphatic hydroxyl groups is 1. The van der Waals surface area contributed by atoms with Gasteiger partial charge >= 0.3 is 0 Å². The lowest BCUT2D eigenvalue weighted by Gasteiger charge is -2.46. The van der Waals surface area contributed by atoms with Crippen molar-refractivity contribution in [1.29, 1.82) is 0 Å². The van der Waals surface area contributed by atoms with Gasteiger partial charge in [-0.05, 0) is 37.6 Å². The van der Waals surface area contributed by atoms with E-state index in [2.05, 4.69) is 38.9 Å². The molecule has 34 heavy (non-hydrogen) atoms. The molecule has 174 valence electrons. The van der Waals surface area contributed by atoms with Crippen LogP contribution in [0.2, 0.25) is 0 Å². The third-order valence-electron chi connectivity index (χ3n) is 6.16. The molecule has 2 aromatic heterocycles. The molecule has 0 bridgehead atoms. The first-order valence-corrected chi connectivity index (χ1v) is 11.5. The van der Waals surface area contributed by atoms with Crippen LogP contribution in [-0.2, 0) is 0 Å². The fraction of sp³-hybridized carbons (Fsp3) is 0.280. The van der Waals surface area contributed by atoms with Crippen LogP contribution in [-0.4, -0.2) is 51.3 Å². The van der Waals surface area contributed by atoms with Crippen molar-refractivity contribution in [1.82, 2.24) is 19.7 Å². The first kappa shape index (κ1) is 20.6. The van der Waals surface area contributed by atoms with Crippen LogP contribution in [0.15, 0.2) is 72.6 Å². The number of hydrogen-bond donors (Lipinski definition) is 3. The van der Waals surface area contributed by atoms with Crippen molar-refractivity contribution in [2.75, 3.05) is 41.4 Å². The van der Waals surface area contributed by atoms with E-state index in [1.165, 1.54) is 5.57 Å². The van der Waals surface area contributed by atoms with E-state index in [9.17, 15) is 5.11 Å². The summed E-state index contributed by atoms with van der Waals surface area (Å²) in [5.41, 5.74) is 4.20. The van der Waals surface area contributed by atoms with E-state index in [0.29, 0.717) is 25.5 Å². The number of rotatable bonds is 6. The normalized spacial score (nSPS) is 18.2. The lowest BCUT2D eigenvalue weighted by molar-refractivity contribution is 0.0307. The average molecular weight is 458 g/mol. The summed E-state index contributed by atoms with van der Waals surface area (Å²) in [5.74, 6) is 2.19. The molecule has 0 unspecified atom stereocenters. The maximum Gasteiger partial charge on any atom is 0.180 e. The van der Waals surface area contributed by atoms with E-state index in [1.807, 2.05) is 59.9 Å². The molecule has 0 saturated carbocycles. The highest BCUT2D eigenvalue weighted by Gasteiger charge is 2.37. The summed E-state index contributed by atoms with van der Waals surface area (Å²) in [4.78, 5) is 13.5. The SMILES string of the molecule is CCOc1cc(Nc2nc(N3C=CC4=CCNC4=C3)cn3ccnc23)ccc1N1CC(C)(O)C1. The number of nitrogens with zero attached hydrogens (tertiary/aromatic N) is 5. The summed E-state index contributed by atoms with van der Waals surface area (Å²) in [5, 5.41) is 17.0. The molecule has 9 heteroatoms. The van der Waals surface area contributed by atoms with Gasteiger partial charge in [-0.1, -0.05) is 6.08 Å². The van der Waals surface area contributed by atoms with E-state index in [-0.39, 0.29) is 0 Å². The van der Waals surface area contributed by atoms with Gasteiger partial charge in [0.05, 0.1) is 29.8 Å². The Labute approximate surface area is 197 Å². The van der Waals surface area contributed by atoms with Crippen molar-refractivity contribution in [3.8, 4) is 5.75 Å². The van der Waals surface area contributed by atoms with E-state index >= 15 is 0 Å². The number of hydrogen-bond acceptors (Lipinski definition) is 8. The zero-order valence-corrected chi connectivity index (χ0v) is 19.2. The molecule has 6 rings (SSSR count). The number of β-amino-alcohol motifs (C(OH)–C–C–N with tert-alkyl or cyclic N) is 1. The number of ether oxygens (including phenoxy) is 1. The second-order valence-corrected chi connectivity index (χ2v) is 9.01. The van der Waals surface area contributed by atoms with Gasteiger partial charge in [0.15, 0.2) is 17.3 Å². The van der Waals surface area contributed by atoms with Crippen molar-refractivity contribution >= 4 is 28.7 Å². The molecule has 1 saturated heterocycles. The second-order valence-electron chi connectivity index (χ2n) is 9.01. The molecular weight excluding hydrogens is 430 g/mol. The van der Waals surface area contributed by atoms with E-state index < -0.39 is 5.60 Å². The van der Waals surface area contributed by atoms with Gasteiger partial charge in [-0.15, -0.1) is 0 Å². The highest BCUT2D eigenvalue weighted by molar-refractivity contribution is 5.75. The molecule has 0 atom stereocenters.